The Kier molecular flexibility index (Phi) is 7.15. The van der Waals surface area contributed by atoms with Crippen molar-refractivity contribution in [2.75, 3.05) is 18.4 Å². The van der Waals surface area contributed by atoms with Crippen LogP contribution in [0.25, 0.3) is 0 Å². The van der Waals surface area contributed by atoms with Gasteiger partial charge in [0.2, 0.25) is 0 Å². The first-order chi connectivity index (χ1) is 12.8. The monoisotopic (exact) mass is 406 g/mol. The summed E-state index contributed by atoms with van der Waals surface area (Å²) in [4.78, 5) is 24.8. The molecule has 0 saturated carbocycles. The van der Waals surface area contributed by atoms with Crippen LogP contribution < -0.4 is 16.0 Å². The third kappa shape index (κ3) is 5.77. The Hall–Kier alpha value is -2.45. The van der Waals surface area contributed by atoms with E-state index in [4.69, 9.17) is 0 Å². The summed E-state index contributed by atoms with van der Waals surface area (Å²) >= 11 is 0. The van der Waals surface area contributed by atoms with Crippen molar-refractivity contribution in [3.8, 4) is 0 Å². The maximum Gasteiger partial charge on any atom is 0.277 e. The molecule has 0 unspecified atom stereocenters. The molecule has 1 aromatic carbocycles. The highest BCUT2D eigenvalue weighted by Gasteiger charge is 2.19. The first-order valence-corrected chi connectivity index (χ1v) is 9.18. The molecule has 2 aromatic rings. The first-order valence-electron chi connectivity index (χ1n) is 9.18. The van der Waals surface area contributed by atoms with Crippen LogP contribution in [0.4, 0.5) is 5.69 Å². The Morgan fingerprint density at radius 3 is 2.57 bits per heavy atom. The minimum atomic E-state index is -0.344. The number of carbonyl (C=O) groups is 2. The number of nitrogens with one attached hydrogen (secondary N) is 3. The van der Waals surface area contributed by atoms with Gasteiger partial charge in [-0.3, -0.25) is 9.59 Å². The number of anilines is 1. The SMILES string of the molecule is CC(C)(C)NC(=O)c1cccc(NC(=O)c2cn(C3CCNCC3)nn2)c1.Cl. The van der Waals surface area contributed by atoms with Gasteiger partial charge < -0.3 is 16.0 Å². The van der Waals surface area contributed by atoms with Gasteiger partial charge in [-0.1, -0.05) is 11.3 Å². The molecule has 1 fully saturated rings. The molecule has 1 aromatic heterocycles. The van der Waals surface area contributed by atoms with Crippen molar-refractivity contribution >= 4 is 29.9 Å². The van der Waals surface area contributed by atoms with Gasteiger partial charge in [-0.05, 0) is 64.9 Å². The Morgan fingerprint density at radius 1 is 1.18 bits per heavy atom. The number of hydrogen-bond donors (Lipinski definition) is 3. The van der Waals surface area contributed by atoms with Gasteiger partial charge in [-0.2, -0.15) is 0 Å². The number of rotatable bonds is 4. The van der Waals surface area contributed by atoms with Crippen LogP contribution in [0.2, 0.25) is 0 Å². The molecule has 2 amide bonds. The van der Waals surface area contributed by atoms with Gasteiger partial charge >= 0.3 is 0 Å². The van der Waals surface area contributed by atoms with Crippen LogP contribution in [0.3, 0.4) is 0 Å². The van der Waals surface area contributed by atoms with E-state index in [1.165, 1.54) is 0 Å². The number of benzene rings is 1. The van der Waals surface area contributed by atoms with Crippen LogP contribution in [0.15, 0.2) is 30.5 Å². The Morgan fingerprint density at radius 2 is 1.89 bits per heavy atom. The normalized spacial score (nSPS) is 14.8. The number of halogens is 1. The number of amides is 2. The summed E-state index contributed by atoms with van der Waals surface area (Å²) in [5, 5.41) is 17.1. The number of hydrogen-bond acceptors (Lipinski definition) is 5. The van der Waals surface area contributed by atoms with E-state index in [1.807, 2.05) is 20.8 Å². The predicted octanol–water partition coefficient (Wildman–Crippen LogP) is 2.41. The molecular formula is C19H27ClN6O2. The van der Waals surface area contributed by atoms with Crippen LogP contribution in [0.5, 0.6) is 0 Å². The lowest BCUT2D eigenvalue weighted by molar-refractivity contribution is 0.0918. The van der Waals surface area contributed by atoms with Gasteiger partial charge in [0, 0.05) is 16.8 Å². The fourth-order valence-corrected chi connectivity index (χ4v) is 2.98. The standard InChI is InChI=1S/C19H26N6O2.ClH/c1-19(2,3)22-17(26)13-5-4-6-14(11-13)21-18(27)16-12-25(24-23-16)15-7-9-20-10-8-15;/h4-6,11-12,15,20H,7-10H2,1-3H3,(H,21,27)(H,22,26);1H. The lowest BCUT2D eigenvalue weighted by Gasteiger charge is -2.22. The van der Waals surface area contributed by atoms with Crippen LogP contribution in [0.1, 0.15) is 60.5 Å². The average Bonchev–Trinajstić information content (AvgIpc) is 3.11. The molecule has 0 aliphatic carbocycles. The molecule has 0 radical (unpaired) electrons. The van der Waals surface area contributed by atoms with E-state index in [0.717, 1.165) is 25.9 Å². The number of nitrogens with zero attached hydrogens (tertiary/aromatic N) is 3. The maximum absolute atomic E-state index is 12.5. The summed E-state index contributed by atoms with van der Waals surface area (Å²) < 4.78 is 1.77. The Labute approximate surface area is 170 Å². The fourth-order valence-electron chi connectivity index (χ4n) is 2.98. The van der Waals surface area contributed by atoms with Gasteiger partial charge in [0.05, 0.1) is 12.2 Å². The molecule has 0 bridgehead atoms. The molecule has 28 heavy (non-hydrogen) atoms. The van der Waals surface area contributed by atoms with Gasteiger partial charge in [-0.25, -0.2) is 4.68 Å². The second-order valence-electron chi connectivity index (χ2n) is 7.80. The number of aromatic nitrogens is 3. The highest BCUT2D eigenvalue weighted by atomic mass is 35.5. The van der Waals surface area contributed by atoms with Crippen molar-refractivity contribution in [2.24, 2.45) is 0 Å². The predicted molar refractivity (Wildman–Crippen MR) is 110 cm³/mol. The van der Waals surface area contributed by atoms with Crippen molar-refractivity contribution < 1.29 is 9.59 Å². The zero-order valence-corrected chi connectivity index (χ0v) is 17.2. The highest BCUT2D eigenvalue weighted by molar-refractivity contribution is 6.03. The largest absolute Gasteiger partial charge is 0.347 e. The first kappa shape index (κ1) is 21.8. The van der Waals surface area contributed by atoms with E-state index in [0.29, 0.717) is 11.3 Å². The quantitative estimate of drug-likeness (QED) is 0.723. The molecule has 3 rings (SSSR count). The van der Waals surface area contributed by atoms with Gasteiger partial charge in [0.25, 0.3) is 11.8 Å². The van der Waals surface area contributed by atoms with E-state index in [1.54, 1.807) is 35.1 Å². The average molecular weight is 407 g/mol. The molecule has 9 heteroatoms. The third-order valence-corrected chi connectivity index (χ3v) is 4.30. The third-order valence-electron chi connectivity index (χ3n) is 4.30. The van der Waals surface area contributed by atoms with E-state index < -0.39 is 0 Å². The zero-order valence-electron chi connectivity index (χ0n) is 16.4. The molecule has 1 saturated heterocycles. The number of carbonyl (C=O) groups excluding carboxylic acids is 2. The summed E-state index contributed by atoms with van der Waals surface area (Å²) in [6.45, 7) is 7.64. The smallest absolute Gasteiger partial charge is 0.277 e. The minimum absolute atomic E-state index is 0. The zero-order chi connectivity index (χ0) is 19.4. The molecule has 1 aliphatic heterocycles. The topological polar surface area (TPSA) is 101 Å². The van der Waals surface area contributed by atoms with Crippen molar-refractivity contribution in [2.45, 2.75) is 45.2 Å². The highest BCUT2D eigenvalue weighted by Crippen LogP contribution is 2.18. The van der Waals surface area contributed by atoms with E-state index in [2.05, 4.69) is 26.3 Å². The lowest BCUT2D eigenvalue weighted by Crippen LogP contribution is -2.40. The Bertz CT molecular complexity index is 824. The van der Waals surface area contributed by atoms with Gasteiger partial charge in [0.15, 0.2) is 5.69 Å². The summed E-state index contributed by atoms with van der Waals surface area (Å²) in [6.07, 6.45) is 3.62. The molecule has 2 heterocycles. The molecule has 0 spiro atoms. The second-order valence-corrected chi connectivity index (χ2v) is 7.80. The van der Waals surface area contributed by atoms with Gasteiger partial charge in [-0.15, -0.1) is 17.5 Å². The fraction of sp³-hybridized carbons (Fsp3) is 0.474. The summed E-state index contributed by atoms with van der Waals surface area (Å²) in [7, 11) is 0. The number of piperidine rings is 1. The second kappa shape index (κ2) is 9.16. The summed E-state index contributed by atoms with van der Waals surface area (Å²) in [5.74, 6) is -0.529. The molecule has 8 nitrogen and oxygen atoms in total. The van der Waals surface area contributed by atoms with Crippen molar-refractivity contribution in [3.05, 3.63) is 41.7 Å². The van der Waals surface area contributed by atoms with Crippen LogP contribution in [0, 0.1) is 0 Å². The molecule has 0 atom stereocenters. The summed E-state index contributed by atoms with van der Waals surface area (Å²) in [5.41, 5.74) is 0.959. The van der Waals surface area contributed by atoms with Crippen LogP contribution in [-0.4, -0.2) is 45.4 Å². The van der Waals surface area contributed by atoms with Crippen molar-refractivity contribution in [1.82, 2.24) is 25.6 Å². The van der Waals surface area contributed by atoms with Crippen molar-refractivity contribution in [1.29, 1.82) is 0 Å². The molecule has 3 N–H and O–H groups in total. The van der Waals surface area contributed by atoms with E-state index in [-0.39, 0.29) is 41.5 Å². The molecule has 1 aliphatic rings. The summed E-state index contributed by atoms with van der Waals surface area (Å²) in [6, 6.07) is 7.10. The minimum Gasteiger partial charge on any atom is -0.347 e. The lowest BCUT2D eigenvalue weighted by atomic mass is 10.1. The van der Waals surface area contributed by atoms with E-state index in [9.17, 15) is 9.59 Å². The maximum atomic E-state index is 12.5. The molecule has 152 valence electrons. The van der Waals surface area contributed by atoms with Crippen LogP contribution in [-0.2, 0) is 0 Å². The Balaban J connectivity index is 0.00000280. The van der Waals surface area contributed by atoms with Crippen LogP contribution >= 0.6 is 12.4 Å². The van der Waals surface area contributed by atoms with Crippen molar-refractivity contribution in [3.63, 3.8) is 0 Å². The van der Waals surface area contributed by atoms with E-state index >= 15 is 0 Å². The molecular weight excluding hydrogens is 380 g/mol. The van der Waals surface area contributed by atoms with Gasteiger partial charge in [0.1, 0.15) is 0 Å².